The van der Waals surface area contributed by atoms with Crippen LogP contribution in [0.2, 0.25) is 0 Å². The summed E-state index contributed by atoms with van der Waals surface area (Å²) in [6.07, 6.45) is 4.89. The molecule has 0 aromatic rings. The van der Waals surface area contributed by atoms with Gasteiger partial charge in [0.15, 0.2) is 0 Å². The summed E-state index contributed by atoms with van der Waals surface area (Å²) in [4.78, 5) is 24.5. The molecule has 18 heavy (non-hydrogen) atoms. The molecule has 0 saturated carbocycles. The number of carboxylic acids is 1. The van der Waals surface area contributed by atoms with Crippen molar-refractivity contribution in [3.05, 3.63) is 0 Å². The van der Waals surface area contributed by atoms with E-state index < -0.39 is 5.97 Å². The first-order valence-corrected chi connectivity index (χ1v) is 6.83. The molecule has 1 saturated heterocycles. The summed E-state index contributed by atoms with van der Waals surface area (Å²) in [6, 6.07) is 0.206. The highest BCUT2D eigenvalue weighted by molar-refractivity contribution is 5.75. The molecule has 0 bridgehead atoms. The molecule has 0 spiro atoms. The minimum absolute atomic E-state index is 0.0422. The van der Waals surface area contributed by atoms with Crippen LogP contribution in [0.3, 0.4) is 0 Å². The zero-order valence-corrected chi connectivity index (χ0v) is 11.3. The van der Waals surface area contributed by atoms with Crippen molar-refractivity contribution in [2.24, 2.45) is 0 Å². The van der Waals surface area contributed by atoms with Gasteiger partial charge in [0.1, 0.15) is 0 Å². The third kappa shape index (κ3) is 4.55. The van der Waals surface area contributed by atoms with Crippen molar-refractivity contribution >= 4 is 12.0 Å². The van der Waals surface area contributed by atoms with E-state index in [2.05, 4.69) is 12.2 Å². The fourth-order valence-corrected chi connectivity index (χ4v) is 2.40. The highest BCUT2D eigenvalue weighted by Gasteiger charge is 2.25. The quantitative estimate of drug-likeness (QED) is 0.792. The van der Waals surface area contributed by atoms with E-state index in [1.807, 2.05) is 11.8 Å². The number of aliphatic carboxylic acids is 1. The van der Waals surface area contributed by atoms with E-state index in [1.165, 1.54) is 6.42 Å². The first-order chi connectivity index (χ1) is 8.54. The minimum atomic E-state index is -0.819. The second-order valence-electron chi connectivity index (χ2n) is 5.03. The molecule has 1 rings (SSSR count). The van der Waals surface area contributed by atoms with Crippen LogP contribution in [0.4, 0.5) is 4.79 Å². The van der Waals surface area contributed by atoms with Crippen molar-refractivity contribution in [3.8, 4) is 0 Å². The molecule has 1 aliphatic rings. The number of carboxylic acid groups (broad SMARTS) is 1. The van der Waals surface area contributed by atoms with Gasteiger partial charge in [-0.1, -0.05) is 6.92 Å². The predicted molar refractivity (Wildman–Crippen MR) is 69.5 cm³/mol. The number of hydrogen-bond acceptors (Lipinski definition) is 2. The summed E-state index contributed by atoms with van der Waals surface area (Å²) in [5, 5.41) is 11.5. The van der Waals surface area contributed by atoms with Crippen LogP contribution in [0, 0.1) is 0 Å². The Bertz CT molecular complexity index is 294. The monoisotopic (exact) mass is 256 g/mol. The SMILES string of the molecule is CCC1CCCCN1C(=O)NC(C)CCC(=O)O. The largest absolute Gasteiger partial charge is 0.481 e. The van der Waals surface area contributed by atoms with Crippen LogP contribution in [-0.4, -0.2) is 40.6 Å². The third-order valence-electron chi connectivity index (χ3n) is 3.52. The van der Waals surface area contributed by atoms with Gasteiger partial charge in [-0.2, -0.15) is 0 Å². The molecule has 5 nitrogen and oxygen atoms in total. The third-order valence-corrected chi connectivity index (χ3v) is 3.52. The molecule has 2 N–H and O–H groups in total. The van der Waals surface area contributed by atoms with Gasteiger partial charge in [0.25, 0.3) is 0 Å². The van der Waals surface area contributed by atoms with Crippen LogP contribution in [-0.2, 0) is 4.79 Å². The Morgan fingerprint density at radius 3 is 2.78 bits per heavy atom. The lowest BCUT2D eigenvalue weighted by atomic mass is 10.0. The Kier molecular flexibility index (Phi) is 5.95. The van der Waals surface area contributed by atoms with Gasteiger partial charge in [-0.3, -0.25) is 4.79 Å². The minimum Gasteiger partial charge on any atom is -0.481 e. The normalized spacial score (nSPS) is 21.4. The summed E-state index contributed by atoms with van der Waals surface area (Å²) in [6.45, 7) is 4.77. The maximum Gasteiger partial charge on any atom is 0.317 e. The second kappa shape index (κ2) is 7.24. The average Bonchev–Trinajstić information content (AvgIpc) is 2.36. The number of nitrogens with one attached hydrogen (secondary N) is 1. The van der Waals surface area contributed by atoms with E-state index in [1.54, 1.807) is 0 Å². The number of hydrogen-bond donors (Lipinski definition) is 2. The second-order valence-corrected chi connectivity index (χ2v) is 5.03. The average molecular weight is 256 g/mol. The molecule has 0 aliphatic carbocycles. The highest BCUT2D eigenvalue weighted by Crippen LogP contribution is 2.19. The molecule has 5 heteroatoms. The molecule has 0 radical (unpaired) electrons. The summed E-state index contributed by atoms with van der Waals surface area (Å²) >= 11 is 0. The van der Waals surface area contributed by atoms with Crippen LogP contribution >= 0.6 is 0 Å². The van der Waals surface area contributed by atoms with Gasteiger partial charge in [0, 0.05) is 25.0 Å². The van der Waals surface area contributed by atoms with E-state index in [0.717, 1.165) is 25.8 Å². The van der Waals surface area contributed by atoms with Gasteiger partial charge in [-0.15, -0.1) is 0 Å². The highest BCUT2D eigenvalue weighted by atomic mass is 16.4. The number of amides is 2. The van der Waals surface area contributed by atoms with Gasteiger partial charge in [0.2, 0.25) is 0 Å². The van der Waals surface area contributed by atoms with E-state index >= 15 is 0 Å². The molecule has 2 amide bonds. The number of piperidine rings is 1. The van der Waals surface area contributed by atoms with Crippen LogP contribution in [0.25, 0.3) is 0 Å². The summed E-state index contributed by atoms with van der Waals surface area (Å²) < 4.78 is 0. The number of rotatable bonds is 5. The molecule has 1 fully saturated rings. The molecular weight excluding hydrogens is 232 g/mol. The molecule has 104 valence electrons. The van der Waals surface area contributed by atoms with Crippen molar-refractivity contribution in [1.82, 2.24) is 10.2 Å². The maximum atomic E-state index is 12.1. The number of nitrogens with zero attached hydrogens (tertiary/aromatic N) is 1. The smallest absolute Gasteiger partial charge is 0.317 e. The maximum absolute atomic E-state index is 12.1. The van der Waals surface area contributed by atoms with Gasteiger partial charge >= 0.3 is 12.0 Å². The van der Waals surface area contributed by atoms with Crippen LogP contribution in [0.15, 0.2) is 0 Å². The van der Waals surface area contributed by atoms with Crippen molar-refractivity contribution in [3.63, 3.8) is 0 Å². The molecule has 2 unspecified atom stereocenters. The predicted octanol–water partition coefficient (Wildman–Crippen LogP) is 2.21. The first-order valence-electron chi connectivity index (χ1n) is 6.83. The Hall–Kier alpha value is -1.26. The molecule has 1 aliphatic heterocycles. The zero-order chi connectivity index (χ0) is 13.5. The van der Waals surface area contributed by atoms with Crippen molar-refractivity contribution < 1.29 is 14.7 Å². The molecule has 2 atom stereocenters. The van der Waals surface area contributed by atoms with Crippen molar-refractivity contribution in [1.29, 1.82) is 0 Å². The fraction of sp³-hybridized carbons (Fsp3) is 0.846. The number of carbonyl (C=O) groups is 2. The Morgan fingerprint density at radius 1 is 1.44 bits per heavy atom. The van der Waals surface area contributed by atoms with E-state index in [4.69, 9.17) is 5.11 Å². The molecule has 1 heterocycles. The standard InChI is InChI=1S/C13H24N2O3/c1-3-11-6-4-5-9-15(11)13(18)14-10(2)7-8-12(16)17/h10-11H,3-9H2,1-2H3,(H,14,18)(H,16,17). The Morgan fingerprint density at radius 2 is 2.17 bits per heavy atom. The summed E-state index contributed by atoms with van der Waals surface area (Å²) in [5.41, 5.74) is 0. The lowest BCUT2D eigenvalue weighted by Crippen LogP contribution is -2.50. The summed E-state index contributed by atoms with van der Waals surface area (Å²) in [5.74, 6) is -0.819. The lowest BCUT2D eigenvalue weighted by molar-refractivity contribution is -0.137. The van der Waals surface area contributed by atoms with Crippen LogP contribution < -0.4 is 5.32 Å². The first kappa shape index (κ1) is 14.8. The zero-order valence-electron chi connectivity index (χ0n) is 11.3. The van der Waals surface area contributed by atoms with Gasteiger partial charge in [0.05, 0.1) is 0 Å². The lowest BCUT2D eigenvalue weighted by Gasteiger charge is -2.36. The van der Waals surface area contributed by atoms with Gasteiger partial charge in [-0.05, 0) is 39.0 Å². The van der Waals surface area contributed by atoms with Gasteiger partial charge in [-0.25, -0.2) is 4.79 Å². The topological polar surface area (TPSA) is 69.6 Å². The van der Waals surface area contributed by atoms with Crippen LogP contribution in [0.5, 0.6) is 0 Å². The number of carbonyl (C=O) groups excluding carboxylic acids is 1. The molecule has 0 aromatic heterocycles. The van der Waals surface area contributed by atoms with Gasteiger partial charge < -0.3 is 15.3 Å². The van der Waals surface area contributed by atoms with E-state index in [-0.39, 0.29) is 18.5 Å². The Labute approximate surface area is 109 Å². The molecular formula is C13H24N2O3. The van der Waals surface area contributed by atoms with E-state index in [0.29, 0.717) is 12.5 Å². The summed E-state index contributed by atoms with van der Waals surface area (Å²) in [7, 11) is 0. The van der Waals surface area contributed by atoms with Crippen molar-refractivity contribution in [2.75, 3.05) is 6.54 Å². The number of urea groups is 1. The van der Waals surface area contributed by atoms with Crippen molar-refractivity contribution in [2.45, 2.75) is 64.5 Å². The van der Waals surface area contributed by atoms with Crippen LogP contribution in [0.1, 0.15) is 52.4 Å². The molecule has 0 aromatic carbocycles. The number of likely N-dealkylation sites (tertiary alicyclic amines) is 1. The fourth-order valence-electron chi connectivity index (χ4n) is 2.40. The van der Waals surface area contributed by atoms with E-state index in [9.17, 15) is 9.59 Å². The Balaban J connectivity index is 2.40.